The number of ether oxygens (including phenoxy) is 1. The van der Waals surface area contributed by atoms with E-state index in [1.807, 2.05) is 0 Å². The van der Waals surface area contributed by atoms with Gasteiger partial charge >= 0.3 is 6.18 Å². The summed E-state index contributed by atoms with van der Waals surface area (Å²) in [6, 6.07) is 17.2. The summed E-state index contributed by atoms with van der Waals surface area (Å²) in [6.45, 7) is 0. The van der Waals surface area contributed by atoms with Crippen molar-refractivity contribution in [1.82, 2.24) is 0 Å². The van der Waals surface area contributed by atoms with Gasteiger partial charge in [0.25, 0.3) is 0 Å². The van der Waals surface area contributed by atoms with E-state index >= 15 is 0 Å². The summed E-state index contributed by atoms with van der Waals surface area (Å²) in [7, 11) is 1.55. The fourth-order valence-corrected chi connectivity index (χ4v) is 2.51. The highest BCUT2D eigenvalue weighted by molar-refractivity contribution is 5.69. The minimum absolute atomic E-state index is 0.125. The van der Waals surface area contributed by atoms with Crippen LogP contribution >= 0.6 is 0 Å². The van der Waals surface area contributed by atoms with Crippen LogP contribution in [0.2, 0.25) is 0 Å². The van der Waals surface area contributed by atoms with E-state index in [0.717, 1.165) is 0 Å². The van der Waals surface area contributed by atoms with Gasteiger partial charge in [-0.2, -0.15) is 13.2 Å². The second kappa shape index (κ2) is 6.43. The van der Waals surface area contributed by atoms with Crippen molar-refractivity contribution in [1.29, 1.82) is 0 Å². The van der Waals surface area contributed by atoms with Crippen LogP contribution in [0.25, 0.3) is 22.6 Å². The molecule has 0 spiro atoms. The normalized spacial score (nSPS) is 11.5. The van der Waals surface area contributed by atoms with Gasteiger partial charge in [-0.15, -0.1) is 0 Å². The second-order valence-electron chi connectivity index (χ2n) is 5.35. The Labute approximate surface area is 137 Å². The predicted octanol–water partition coefficient (Wildman–Crippen LogP) is 5.73. The molecule has 0 N–H and O–H groups in total. The first-order valence-electron chi connectivity index (χ1n) is 7.35. The Balaban J connectivity index is 2.05. The first-order valence-corrected chi connectivity index (χ1v) is 7.35. The standard InChI is InChI=1S/C19H15F3O2/c1-23-16-9-7-13(8-10-16)17-11-15(12-19(20,21)22)18(24-17)14-5-3-2-4-6-14/h2-11H,12H2,1H3. The van der Waals surface area contributed by atoms with Gasteiger partial charge < -0.3 is 9.15 Å². The van der Waals surface area contributed by atoms with Crippen molar-refractivity contribution in [3.8, 4) is 28.4 Å². The molecule has 124 valence electrons. The van der Waals surface area contributed by atoms with Crippen LogP contribution in [0.3, 0.4) is 0 Å². The van der Waals surface area contributed by atoms with Crippen LogP contribution in [0, 0.1) is 0 Å². The van der Waals surface area contributed by atoms with Gasteiger partial charge in [-0.3, -0.25) is 0 Å². The zero-order chi connectivity index (χ0) is 17.2. The van der Waals surface area contributed by atoms with E-state index < -0.39 is 12.6 Å². The zero-order valence-electron chi connectivity index (χ0n) is 12.9. The van der Waals surface area contributed by atoms with Gasteiger partial charge in [-0.1, -0.05) is 30.3 Å². The molecule has 0 bridgehead atoms. The largest absolute Gasteiger partial charge is 0.497 e. The van der Waals surface area contributed by atoms with Crippen LogP contribution in [-0.2, 0) is 6.42 Å². The Kier molecular flexibility index (Phi) is 4.34. The lowest BCUT2D eigenvalue weighted by atomic mass is 10.1. The fraction of sp³-hybridized carbons (Fsp3) is 0.158. The molecule has 0 unspecified atom stereocenters. The molecule has 0 amide bonds. The minimum Gasteiger partial charge on any atom is -0.497 e. The van der Waals surface area contributed by atoms with Gasteiger partial charge in [-0.05, 0) is 30.3 Å². The van der Waals surface area contributed by atoms with Gasteiger partial charge in [0.1, 0.15) is 17.3 Å². The van der Waals surface area contributed by atoms with Crippen molar-refractivity contribution in [2.75, 3.05) is 7.11 Å². The molecule has 0 saturated carbocycles. The highest BCUT2D eigenvalue weighted by Gasteiger charge is 2.31. The quantitative estimate of drug-likeness (QED) is 0.609. The summed E-state index contributed by atoms with van der Waals surface area (Å²) in [5.74, 6) is 1.32. The average molecular weight is 332 g/mol. The molecule has 24 heavy (non-hydrogen) atoms. The number of benzene rings is 2. The summed E-state index contributed by atoms with van der Waals surface area (Å²) >= 11 is 0. The van der Waals surface area contributed by atoms with Gasteiger partial charge in [0, 0.05) is 16.7 Å². The molecule has 0 atom stereocenters. The fourth-order valence-electron chi connectivity index (χ4n) is 2.51. The maximum Gasteiger partial charge on any atom is 0.393 e. The molecule has 0 fully saturated rings. The summed E-state index contributed by atoms with van der Waals surface area (Å²) in [4.78, 5) is 0. The van der Waals surface area contributed by atoms with Crippen molar-refractivity contribution in [2.24, 2.45) is 0 Å². The monoisotopic (exact) mass is 332 g/mol. The third-order valence-corrected chi connectivity index (χ3v) is 3.61. The predicted molar refractivity (Wildman–Crippen MR) is 85.9 cm³/mol. The summed E-state index contributed by atoms with van der Waals surface area (Å²) in [5.41, 5.74) is 1.44. The Morgan fingerprint density at radius 3 is 2.17 bits per heavy atom. The number of hydrogen-bond donors (Lipinski definition) is 0. The Hall–Kier alpha value is -2.69. The first-order chi connectivity index (χ1) is 11.5. The number of rotatable bonds is 4. The molecular formula is C19H15F3O2. The van der Waals surface area contributed by atoms with Gasteiger partial charge in [-0.25, -0.2) is 0 Å². The highest BCUT2D eigenvalue weighted by atomic mass is 19.4. The first kappa shape index (κ1) is 16.2. The summed E-state index contributed by atoms with van der Waals surface area (Å²) in [6.07, 6.45) is -5.33. The van der Waals surface area contributed by atoms with E-state index in [0.29, 0.717) is 22.6 Å². The number of hydrogen-bond acceptors (Lipinski definition) is 2. The Morgan fingerprint density at radius 1 is 0.917 bits per heavy atom. The molecule has 1 heterocycles. The molecule has 0 saturated heterocycles. The van der Waals surface area contributed by atoms with Gasteiger partial charge in [0.2, 0.25) is 0 Å². The molecule has 0 aliphatic heterocycles. The van der Waals surface area contributed by atoms with Crippen molar-refractivity contribution >= 4 is 0 Å². The lowest BCUT2D eigenvalue weighted by Crippen LogP contribution is -2.11. The lowest BCUT2D eigenvalue weighted by Gasteiger charge is -2.06. The summed E-state index contributed by atoms with van der Waals surface area (Å²) < 4.78 is 49.5. The van der Waals surface area contributed by atoms with Crippen LogP contribution in [0.15, 0.2) is 65.1 Å². The molecule has 0 radical (unpaired) electrons. The van der Waals surface area contributed by atoms with Crippen LogP contribution in [0.1, 0.15) is 5.56 Å². The smallest absolute Gasteiger partial charge is 0.393 e. The van der Waals surface area contributed by atoms with E-state index in [9.17, 15) is 13.2 Å². The second-order valence-corrected chi connectivity index (χ2v) is 5.35. The van der Waals surface area contributed by atoms with Crippen molar-refractivity contribution in [2.45, 2.75) is 12.6 Å². The number of furan rings is 1. The molecule has 1 aromatic heterocycles. The Morgan fingerprint density at radius 2 is 1.58 bits per heavy atom. The third kappa shape index (κ3) is 3.62. The van der Waals surface area contributed by atoms with E-state index in [2.05, 4.69) is 0 Å². The molecular weight excluding hydrogens is 317 g/mol. The maximum absolute atomic E-state index is 12.9. The van der Waals surface area contributed by atoms with E-state index in [1.165, 1.54) is 6.07 Å². The summed E-state index contributed by atoms with van der Waals surface area (Å²) in [5, 5.41) is 0. The molecule has 2 nitrogen and oxygen atoms in total. The molecule has 2 aromatic carbocycles. The average Bonchev–Trinajstić information content (AvgIpc) is 2.97. The zero-order valence-corrected chi connectivity index (χ0v) is 12.9. The minimum atomic E-state index is -4.30. The molecule has 5 heteroatoms. The molecule has 0 aliphatic carbocycles. The topological polar surface area (TPSA) is 22.4 Å². The number of methoxy groups -OCH3 is 1. The van der Waals surface area contributed by atoms with Crippen molar-refractivity contribution in [3.63, 3.8) is 0 Å². The highest BCUT2D eigenvalue weighted by Crippen LogP contribution is 2.36. The van der Waals surface area contributed by atoms with Gasteiger partial charge in [0.15, 0.2) is 0 Å². The van der Waals surface area contributed by atoms with Crippen LogP contribution in [-0.4, -0.2) is 13.3 Å². The van der Waals surface area contributed by atoms with Crippen LogP contribution in [0.5, 0.6) is 5.75 Å². The Bertz CT molecular complexity index is 803. The molecule has 0 aliphatic rings. The van der Waals surface area contributed by atoms with Crippen molar-refractivity contribution in [3.05, 3.63) is 66.2 Å². The number of halogens is 3. The van der Waals surface area contributed by atoms with Crippen molar-refractivity contribution < 1.29 is 22.3 Å². The van der Waals surface area contributed by atoms with Crippen LogP contribution < -0.4 is 4.74 Å². The molecule has 3 rings (SSSR count). The lowest BCUT2D eigenvalue weighted by molar-refractivity contribution is -0.127. The van der Waals surface area contributed by atoms with E-state index in [-0.39, 0.29) is 11.3 Å². The SMILES string of the molecule is COc1ccc(-c2cc(CC(F)(F)F)c(-c3ccccc3)o2)cc1. The van der Waals surface area contributed by atoms with E-state index in [4.69, 9.17) is 9.15 Å². The third-order valence-electron chi connectivity index (χ3n) is 3.61. The molecule has 3 aromatic rings. The number of alkyl halides is 3. The van der Waals surface area contributed by atoms with Gasteiger partial charge in [0.05, 0.1) is 13.5 Å². The maximum atomic E-state index is 12.9. The van der Waals surface area contributed by atoms with E-state index in [1.54, 1.807) is 61.7 Å². The van der Waals surface area contributed by atoms with Crippen LogP contribution in [0.4, 0.5) is 13.2 Å².